The Morgan fingerprint density at radius 2 is 1.33 bits per heavy atom. The lowest BCUT2D eigenvalue weighted by Gasteiger charge is -2.29. The van der Waals surface area contributed by atoms with E-state index in [2.05, 4.69) is 16.0 Å². The van der Waals surface area contributed by atoms with Gasteiger partial charge in [0.2, 0.25) is 17.7 Å². The van der Waals surface area contributed by atoms with Crippen LogP contribution in [0.25, 0.3) is 12.2 Å². The number of Topliss-reactive ketones (excluding diaryl/α,β-unsaturated/α-hetero) is 1. The van der Waals surface area contributed by atoms with Crippen LogP contribution in [0, 0.1) is 0 Å². The van der Waals surface area contributed by atoms with Gasteiger partial charge in [0, 0.05) is 59.5 Å². The summed E-state index contributed by atoms with van der Waals surface area (Å²) in [7, 11) is 0. The molecule has 3 aromatic rings. The van der Waals surface area contributed by atoms with Crippen molar-refractivity contribution in [3.05, 3.63) is 110 Å². The molecule has 3 aliphatic heterocycles. The van der Waals surface area contributed by atoms with Crippen molar-refractivity contribution in [2.45, 2.75) is 18.9 Å². The van der Waals surface area contributed by atoms with Crippen LogP contribution < -0.4 is 16.0 Å². The first-order valence-electron chi connectivity index (χ1n) is 18.9. The molecule has 6 rings (SSSR count). The van der Waals surface area contributed by atoms with E-state index in [4.69, 9.17) is 37.4 Å². The Morgan fingerprint density at radius 3 is 1.93 bits per heavy atom. The van der Waals surface area contributed by atoms with Gasteiger partial charge in [-0.2, -0.15) is 0 Å². The van der Waals surface area contributed by atoms with Gasteiger partial charge in [-0.3, -0.25) is 43.9 Å². The monoisotopic (exact) mass is 831 g/mol. The lowest BCUT2D eigenvalue weighted by molar-refractivity contribution is -0.136. The minimum Gasteiger partial charge on any atom is -0.382 e. The molecule has 2 fully saturated rings. The second-order valence-corrected chi connectivity index (χ2v) is 14.5. The van der Waals surface area contributed by atoms with Crippen molar-refractivity contribution in [3.63, 3.8) is 0 Å². The van der Waals surface area contributed by atoms with Crippen molar-refractivity contribution in [1.82, 2.24) is 20.4 Å². The number of piperidine rings is 2. The molecule has 14 nitrogen and oxygen atoms in total. The lowest BCUT2D eigenvalue weighted by Crippen LogP contribution is -2.54. The molecule has 3 aliphatic rings. The summed E-state index contributed by atoms with van der Waals surface area (Å²) in [4.78, 5) is 79.4. The van der Waals surface area contributed by atoms with E-state index in [-0.39, 0.29) is 61.9 Å². The van der Waals surface area contributed by atoms with E-state index in [0.29, 0.717) is 84.1 Å². The second kappa shape index (κ2) is 20.5. The van der Waals surface area contributed by atoms with E-state index in [9.17, 15) is 28.8 Å². The molecule has 3 N–H and O–H groups in total. The van der Waals surface area contributed by atoms with E-state index in [1.165, 1.54) is 6.07 Å². The predicted molar refractivity (Wildman–Crippen MR) is 217 cm³/mol. The number of anilines is 1. The molecule has 0 radical (unpaired) electrons. The summed E-state index contributed by atoms with van der Waals surface area (Å²) in [6, 6.07) is 18.4. The maximum absolute atomic E-state index is 13.5. The molecule has 5 amide bonds. The van der Waals surface area contributed by atoms with Crippen molar-refractivity contribution in [1.29, 1.82) is 0 Å². The van der Waals surface area contributed by atoms with Gasteiger partial charge in [-0.05, 0) is 54.0 Å². The molecule has 1 unspecified atom stereocenters. The number of carbonyl (C=O) groups is 6. The van der Waals surface area contributed by atoms with E-state index < -0.39 is 29.7 Å². The molecule has 16 heteroatoms. The highest BCUT2D eigenvalue weighted by Crippen LogP contribution is 2.32. The molecule has 58 heavy (non-hydrogen) atoms. The van der Waals surface area contributed by atoms with Crippen LogP contribution in [0.2, 0.25) is 10.0 Å². The zero-order valence-corrected chi connectivity index (χ0v) is 33.1. The van der Waals surface area contributed by atoms with Crippen molar-refractivity contribution < 1.29 is 43.0 Å². The smallest absolute Gasteiger partial charge is 0.264 e. The molecule has 0 spiro atoms. The summed E-state index contributed by atoms with van der Waals surface area (Å²) in [6.07, 6.45) is 3.67. The van der Waals surface area contributed by atoms with Gasteiger partial charge in [0.25, 0.3) is 11.8 Å². The average molecular weight is 833 g/mol. The molecule has 0 aliphatic carbocycles. The number of ketones is 1. The fraction of sp³-hybridized carbons (Fsp3) is 0.333. The molecule has 0 bridgehead atoms. The molecule has 0 aromatic heterocycles. The minimum atomic E-state index is -1.03. The number of likely N-dealkylation sites (tertiary alicyclic amines) is 1. The van der Waals surface area contributed by atoms with E-state index >= 15 is 0 Å². The van der Waals surface area contributed by atoms with Gasteiger partial charge in [0.15, 0.2) is 5.78 Å². The number of fused-ring (bicyclic) bond motifs is 1. The van der Waals surface area contributed by atoms with Crippen LogP contribution in [0.3, 0.4) is 0 Å². The molecule has 304 valence electrons. The third-order valence-corrected chi connectivity index (χ3v) is 10.2. The summed E-state index contributed by atoms with van der Waals surface area (Å²) in [5.74, 6) is -2.57. The predicted octanol–water partition coefficient (Wildman–Crippen LogP) is 4.02. The third-order valence-electron chi connectivity index (χ3n) is 9.55. The normalized spacial score (nSPS) is 18.6. The van der Waals surface area contributed by atoms with Crippen molar-refractivity contribution in [2.75, 3.05) is 77.7 Å². The fourth-order valence-corrected chi connectivity index (χ4v) is 7.15. The van der Waals surface area contributed by atoms with Gasteiger partial charge in [-0.25, -0.2) is 0 Å². The zero-order chi connectivity index (χ0) is 41.0. The minimum absolute atomic E-state index is 0.0495. The van der Waals surface area contributed by atoms with Gasteiger partial charge < -0.3 is 24.8 Å². The van der Waals surface area contributed by atoms with Crippen LogP contribution in [0.4, 0.5) is 5.69 Å². The lowest BCUT2D eigenvalue weighted by atomic mass is 9.94. The summed E-state index contributed by atoms with van der Waals surface area (Å²) >= 11 is 12.8. The summed E-state index contributed by atoms with van der Waals surface area (Å²) in [5.41, 5.74) is 3.30. The van der Waals surface area contributed by atoms with Crippen LogP contribution in [-0.4, -0.2) is 124 Å². The standard InChI is InChI=1S/C42H43Cl2N5O9/c43-32-9-3-1-6-27(32)22-29-24-48(25-30(39(29)52)23-28-7-2-4-10-33(28)44)26-37(51)46-15-17-57-19-21-58-20-18-56-16-14-45-34-11-5-8-31-38(34)42(55)49(41(31)54)35-12-13-36(50)47-40(35)53/h1-11,22-23,35,45H,12-21,24-26H2,(H,46,51)(H,47,50,53)/b29-22+,30-23+. The number of amides is 5. The first kappa shape index (κ1) is 42.4. The zero-order valence-electron chi connectivity index (χ0n) is 31.6. The highest BCUT2D eigenvalue weighted by atomic mass is 35.5. The van der Waals surface area contributed by atoms with Gasteiger partial charge in [-0.15, -0.1) is 0 Å². The fourth-order valence-electron chi connectivity index (χ4n) is 6.77. The molecule has 2 saturated heterocycles. The van der Waals surface area contributed by atoms with Crippen molar-refractivity contribution >= 4 is 76.4 Å². The largest absolute Gasteiger partial charge is 0.382 e. The number of imide groups is 2. The summed E-state index contributed by atoms with van der Waals surface area (Å²) in [6.45, 7) is 3.14. The van der Waals surface area contributed by atoms with E-state index in [1.54, 1.807) is 36.4 Å². The highest BCUT2D eigenvalue weighted by Gasteiger charge is 2.45. The van der Waals surface area contributed by atoms with Gasteiger partial charge >= 0.3 is 0 Å². The molecule has 3 heterocycles. The Hall–Kier alpha value is -5.22. The Bertz CT molecular complexity index is 2060. The first-order chi connectivity index (χ1) is 28.1. The molecule has 3 aromatic carbocycles. The average Bonchev–Trinajstić information content (AvgIpc) is 3.46. The second-order valence-electron chi connectivity index (χ2n) is 13.6. The van der Waals surface area contributed by atoms with Crippen molar-refractivity contribution in [2.24, 2.45) is 0 Å². The maximum Gasteiger partial charge on any atom is 0.264 e. The van der Waals surface area contributed by atoms with Crippen LogP contribution in [0.15, 0.2) is 77.9 Å². The molecular formula is C42H43Cl2N5O9. The van der Waals surface area contributed by atoms with Gasteiger partial charge in [0.1, 0.15) is 6.04 Å². The highest BCUT2D eigenvalue weighted by molar-refractivity contribution is 6.33. The van der Waals surface area contributed by atoms with Crippen LogP contribution in [-0.2, 0) is 33.4 Å². The molecular weight excluding hydrogens is 789 g/mol. The first-order valence-corrected chi connectivity index (χ1v) is 19.6. The SMILES string of the molecule is O=C(CN1C/C(=C\c2ccccc2Cl)C(=O)/C(=C/c2ccccc2Cl)C1)NCCOCCOCCOCCNc1cccc2c1C(=O)N(C1CCC(=O)NC1=O)C2=O. The number of nitrogens with one attached hydrogen (secondary N) is 3. The van der Waals surface area contributed by atoms with E-state index in [1.807, 2.05) is 41.3 Å². The van der Waals surface area contributed by atoms with Gasteiger partial charge in [0.05, 0.1) is 57.3 Å². The van der Waals surface area contributed by atoms with Gasteiger partial charge in [-0.1, -0.05) is 65.7 Å². The Balaban J connectivity index is 0.852. The quantitative estimate of drug-likeness (QED) is 0.0961. The number of carbonyl (C=O) groups excluding carboxylic acids is 6. The number of ether oxygens (including phenoxy) is 3. The van der Waals surface area contributed by atoms with Crippen LogP contribution in [0.1, 0.15) is 44.7 Å². The van der Waals surface area contributed by atoms with Crippen LogP contribution >= 0.6 is 23.2 Å². The maximum atomic E-state index is 13.5. The Labute approximate surface area is 345 Å². The third kappa shape index (κ3) is 10.8. The Morgan fingerprint density at radius 1 is 0.741 bits per heavy atom. The molecule has 0 saturated carbocycles. The number of hydrogen-bond donors (Lipinski definition) is 3. The topological polar surface area (TPSA) is 173 Å². The van der Waals surface area contributed by atoms with E-state index in [0.717, 1.165) is 4.90 Å². The number of rotatable bonds is 18. The number of hydrogen-bond acceptors (Lipinski definition) is 11. The van der Waals surface area contributed by atoms with Crippen molar-refractivity contribution in [3.8, 4) is 0 Å². The number of benzene rings is 3. The summed E-state index contributed by atoms with van der Waals surface area (Å²) in [5, 5.41) is 9.23. The summed E-state index contributed by atoms with van der Waals surface area (Å²) < 4.78 is 16.8. The number of nitrogens with zero attached hydrogens (tertiary/aromatic N) is 2. The Kier molecular flexibility index (Phi) is 15.0. The molecule has 1 atom stereocenters. The number of halogens is 2. The van der Waals surface area contributed by atoms with Crippen LogP contribution in [0.5, 0.6) is 0 Å².